The molecule has 1 aliphatic carbocycles. The summed E-state index contributed by atoms with van der Waals surface area (Å²) >= 11 is 0. The molecule has 23 heavy (non-hydrogen) atoms. The molecule has 3 N–H and O–H groups in total. The number of halogens is 1. The molecule has 124 valence electrons. The van der Waals surface area contributed by atoms with E-state index >= 15 is 0 Å². The van der Waals surface area contributed by atoms with E-state index in [0.717, 1.165) is 12.8 Å². The topological polar surface area (TPSA) is 76.7 Å². The van der Waals surface area contributed by atoms with E-state index in [9.17, 15) is 4.39 Å². The van der Waals surface area contributed by atoms with Crippen LogP contribution in [0.3, 0.4) is 0 Å². The first-order valence-corrected chi connectivity index (χ1v) is 7.46. The normalized spacial score (nSPS) is 17.3. The van der Waals surface area contributed by atoms with Crippen LogP contribution in [-0.4, -0.2) is 15.0 Å². The maximum Gasteiger partial charge on any atom is 0.228 e. The van der Waals surface area contributed by atoms with Crippen molar-refractivity contribution in [2.75, 3.05) is 11.1 Å². The Morgan fingerprint density at radius 2 is 1.91 bits per heavy atom. The third kappa shape index (κ3) is 3.55. The highest BCUT2D eigenvalue weighted by Crippen LogP contribution is 2.35. The molecule has 5 nitrogen and oxygen atoms in total. The summed E-state index contributed by atoms with van der Waals surface area (Å²) in [6, 6.07) is 4.57. The highest BCUT2D eigenvalue weighted by molar-refractivity contribution is 7.59. The fourth-order valence-electron chi connectivity index (χ4n) is 2.85. The van der Waals surface area contributed by atoms with E-state index in [0.29, 0.717) is 5.95 Å². The van der Waals surface area contributed by atoms with E-state index in [1.54, 1.807) is 0 Å². The van der Waals surface area contributed by atoms with Crippen LogP contribution in [0.4, 0.5) is 16.3 Å². The van der Waals surface area contributed by atoms with Crippen LogP contribution in [-0.2, 0) is 6.42 Å². The Kier molecular flexibility index (Phi) is 5.09. The van der Waals surface area contributed by atoms with Crippen LogP contribution >= 0.6 is 13.5 Å². The highest BCUT2D eigenvalue weighted by Gasteiger charge is 2.24. The first-order chi connectivity index (χ1) is 10.4. The molecule has 1 aromatic heterocycles. The molecule has 0 saturated heterocycles. The molecular formula is C16H22FN5S. The minimum absolute atomic E-state index is 0. The lowest BCUT2D eigenvalue weighted by Crippen LogP contribution is -2.14. The van der Waals surface area contributed by atoms with Crippen LogP contribution in [0, 0.1) is 13.8 Å². The molecule has 3 rings (SSSR count). The zero-order chi connectivity index (χ0) is 15.9. The summed E-state index contributed by atoms with van der Waals surface area (Å²) in [5, 5.41) is 3.27. The van der Waals surface area contributed by atoms with Crippen molar-refractivity contribution < 1.29 is 4.39 Å². The summed E-state index contributed by atoms with van der Waals surface area (Å²) in [4.78, 5) is 12.0. The molecular weight excluding hydrogens is 313 g/mol. The van der Waals surface area contributed by atoms with Crippen LogP contribution in [0.25, 0.3) is 0 Å². The van der Waals surface area contributed by atoms with Crippen LogP contribution in [0.2, 0.25) is 0 Å². The van der Waals surface area contributed by atoms with Crippen LogP contribution in [0.5, 0.6) is 0 Å². The predicted molar refractivity (Wildman–Crippen MR) is 94.7 cm³/mol. The summed E-state index contributed by atoms with van der Waals surface area (Å²) in [7, 11) is 0. The number of nitrogens with one attached hydrogen (secondary N) is 1. The monoisotopic (exact) mass is 335 g/mol. The summed E-state index contributed by atoms with van der Waals surface area (Å²) in [5.74, 6) is 0.437. The number of aromatic nitrogens is 3. The van der Waals surface area contributed by atoms with Gasteiger partial charge >= 0.3 is 0 Å². The van der Waals surface area contributed by atoms with Gasteiger partial charge in [0.25, 0.3) is 0 Å². The summed E-state index contributed by atoms with van der Waals surface area (Å²) in [6.45, 7) is 5.61. The number of alkyl halides is 1. The van der Waals surface area contributed by atoms with Gasteiger partial charge in [-0.1, -0.05) is 12.1 Å². The lowest BCUT2D eigenvalue weighted by atomic mass is 10.0. The average Bonchev–Trinajstić information content (AvgIpc) is 2.81. The molecule has 0 fully saturated rings. The van der Waals surface area contributed by atoms with Gasteiger partial charge in [-0.05, 0) is 55.9 Å². The SMILES string of the molecule is Cc1cc2c(cc1C)[C@H](Nc1nc(N)nc([C@H](C)F)n1)CC2.S. The Morgan fingerprint density at radius 1 is 1.22 bits per heavy atom. The minimum atomic E-state index is -1.27. The zero-order valence-electron chi connectivity index (χ0n) is 13.5. The average molecular weight is 335 g/mol. The van der Waals surface area contributed by atoms with E-state index in [1.807, 2.05) is 0 Å². The second-order valence-corrected chi connectivity index (χ2v) is 5.86. The van der Waals surface area contributed by atoms with Crippen LogP contribution in [0.15, 0.2) is 12.1 Å². The fourth-order valence-corrected chi connectivity index (χ4v) is 2.85. The molecule has 0 amide bonds. The minimum Gasteiger partial charge on any atom is -0.368 e. The van der Waals surface area contributed by atoms with Gasteiger partial charge < -0.3 is 11.1 Å². The van der Waals surface area contributed by atoms with Crippen molar-refractivity contribution in [1.82, 2.24) is 15.0 Å². The number of nitrogens with two attached hydrogens (primary N) is 1. The number of rotatable bonds is 3. The molecule has 2 atom stereocenters. The van der Waals surface area contributed by atoms with Gasteiger partial charge in [0, 0.05) is 0 Å². The van der Waals surface area contributed by atoms with E-state index in [4.69, 9.17) is 5.73 Å². The van der Waals surface area contributed by atoms with Crippen molar-refractivity contribution in [2.45, 2.75) is 45.8 Å². The van der Waals surface area contributed by atoms with Gasteiger partial charge in [0.2, 0.25) is 11.9 Å². The second kappa shape index (κ2) is 6.70. The molecule has 0 bridgehead atoms. The van der Waals surface area contributed by atoms with Crippen LogP contribution in [0.1, 0.15) is 53.6 Å². The molecule has 2 aromatic rings. The third-order valence-corrected chi connectivity index (χ3v) is 4.16. The molecule has 1 aliphatic rings. The molecule has 1 heterocycles. The number of benzene rings is 1. The largest absolute Gasteiger partial charge is 0.368 e. The van der Waals surface area contributed by atoms with E-state index < -0.39 is 6.17 Å². The predicted octanol–water partition coefficient (Wildman–Crippen LogP) is 3.31. The molecule has 0 unspecified atom stereocenters. The third-order valence-electron chi connectivity index (χ3n) is 4.16. The van der Waals surface area contributed by atoms with Gasteiger partial charge in [-0.3, -0.25) is 0 Å². The van der Waals surface area contributed by atoms with E-state index in [-0.39, 0.29) is 31.3 Å². The van der Waals surface area contributed by atoms with E-state index in [1.165, 1.54) is 29.2 Å². The second-order valence-electron chi connectivity index (χ2n) is 5.86. The number of nitrogen functional groups attached to an aromatic ring is 1. The number of anilines is 2. The number of hydrogen-bond acceptors (Lipinski definition) is 5. The van der Waals surface area contributed by atoms with Crippen molar-refractivity contribution in [1.29, 1.82) is 0 Å². The maximum absolute atomic E-state index is 13.4. The number of fused-ring (bicyclic) bond motifs is 1. The Labute approximate surface area is 142 Å². The quantitative estimate of drug-likeness (QED) is 0.900. The first-order valence-electron chi connectivity index (χ1n) is 7.46. The Balaban J connectivity index is 0.00000192. The molecule has 0 aliphatic heterocycles. The van der Waals surface area contributed by atoms with Gasteiger partial charge in [-0.25, -0.2) is 4.39 Å². The van der Waals surface area contributed by atoms with Crippen molar-refractivity contribution in [3.05, 3.63) is 40.2 Å². The van der Waals surface area contributed by atoms with Gasteiger partial charge in [0.1, 0.15) is 0 Å². The van der Waals surface area contributed by atoms with Crippen molar-refractivity contribution in [3.8, 4) is 0 Å². The van der Waals surface area contributed by atoms with Gasteiger partial charge in [0.05, 0.1) is 6.04 Å². The number of hydrogen-bond donors (Lipinski definition) is 2. The summed E-state index contributed by atoms with van der Waals surface area (Å²) < 4.78 is 13.4. The Morgan fingerprint density at radius 3 is 2.61 bits per heavy atom. The highest BCUT2D eigenvalue weighted by atomic mass is 32.1. The Bertz CT molecular complexity index is 720. The number of aryl methyl sites for hydroxylation is 3. The van der Waals surface area contributed by atoms with Gasteiger partial charge in [-0.2, -0.15) is 28.4 Å². The Hall–Kier alpha value is -1.89. The molecule has 7 heteroatoms. The number of nitrogens with zero attached hydrogens (tertiary/aromatic N) is 3. The molecule has 0 spiro atoms. The molecule has 0 saturated carbocycles. The summed E-state index contributed by atoms with van der Waals surface area (Å²) in [5.41, 5.74) is 10.8. The molecule has 1 aromatic carbocycles. The summed E-state index contributed by atoms with van der Waals surface area (Å²) in [6.07, 6.45) is 0.706. The lowest BCUT2D eigenvalue weighted by molar-refractivity contribution is 0.356. The first kappa shape index (κ1) is 17.5. The van der Waals surface area contributed by atoms with Crippen molar-refractivity contribution in [3.63, 3.8) is 0 Å². The van der Waals surface area contributed by atoms with Crippen molar-refractivity contribution in [2.24, 2.45) is 0 Å². The fraction of sp³-hybridized carbons (Fsp3) is 0.438. The molecule has 0 radical (unpaired) electrons. The van der Waals surface area contributed by atoms with E-state index in [2.05, 4.69) is 46.2 Å². The van der Waals surface area contributed by atoms with Crippen LogP contribution < -0.4 is 11.1 Å². The maximum atomic E-state index is 13.4. The standard InChI is InChI=1S/C16H20FN5.H2S/c1-8-6-11-4-5-13(12(11)7-9(8)2)19-16-21-14(10(3)17)20-15(18)22-16;/h6-7,10,13H,4-5H2,1-3H3,(H3,18,19,20,21,22);1H2/t10-,13+;/m0./s1. The zero-order valence-corrected chi connectivity index (χ0v) is 14.5. The lowest BCUT2D eigenvalue weighted by Gasteiger charge is -2.16. The smallest absolute Gasteiger partial charge is 0.228 e. The van der Waals surface area contributed by atoms with Gasteiger partial charge in [-0.15, -0.1) is 0 Å². The van der Waals surface area contributed by atoms with Crippen molar-refractivity contribution >= 4 is 25.4 Å². The van der Waals surface area contributed by atoms with Gasteiger partial charge in [0.15, 0.2) is 12.0 Å².